The van der Waals surface area contributed by atoms with E-state index < -0.39 is 0 Å². The fourth-order valence-electron chi connectivity index (χ4n) is 6.08. The van der Waals surface area contributed by atoms with Gasteiger partial charge in [-0.05, 0) is 37.1 Å². The second-order valence-corrected chi connectivity index (χ2v) is 10.5. The van der Waals surface area contributed by atoms with E-state index in [1.807, 2.05) is 36.5 Å². The number of nitrogens with zero attached hydrogens (tertiary/aromatic N) is 6. The molecule has 0 saturated carbocycles. The smallest absolute Gasteiger partial charge is 0.215 e. The molecule has 1 aromatic carbocycles. The Kier molecular flexibility index (Phi) is 8.12. The second kappa shape index (κ2) is 12.2. The van der Waals surface area contributed by atoms with E-state index in [1.54, 1.807) is 7.11 Å². The van der Waals surface area contributed by atoms with Gasteiger partial charge in [0.1, 0.15) is 12.4 Å². The highest BCUT2D eigenvalue weighted by Crippen LogP contribution is 2.39. The van der Waals surface area contributed by atoms with Crippen LogP contribution in [-0.4, -0.2) is 98.5 Å². The first-order chi connectivity index (χ1) is 19.7. The van der Waals surface area contributed by atoms with E-state index in [1.165, 1.54) is 5.69 Å². The number of fused-ring (bicyclic) bond motifs is 2. The molecule has 2 unspecified atom stereocenters. The number of piperazine rings is 2. The average Bonchev–Trinajstić information content (AvgIpc) is 3.26. The lowest BCUT2D eigenvalue weighted by Crippen LogP contribution is -2.54. The number of anilines is 3. The van der Waals surface area contributed by atoms with Gasteiger partial charge in [0, 0.05) is 88.5 Å². The Hall–Kier alpha value is -3.67. The molecule has 2 atom stereocenters. The van der Waals surface area contributed by atoms with E-state index in [-0.39, 0.29) is 6.79 Å². The monoisotopic (exact) mass is 546 g/mol. The quantitative estimate of drug-likeness (QED) is 0.365. The summed E-state index contributed by atoms with van der Waals surface area (Å²) in [7, 11) is 1.60. The van der Waals surface area contributed by atoms with Gasteiger partial charge in [-0.3, -0.25) is 4.90 Å². The molecule has 3 aliphatic rings. The third kappa shape index (κ3) is 5.77. The standard InChI is InChI=1S/C29H38N8O3/c1-38-20-40-27-5-3-2-4-24(27)25-17-26(29(30)34-33-25)36-18-22-6-7-23(19-36)37(22)21-8-9-32-28(16-21)39-15-14-35-12-10-31-11-13-35/h2-5,8-9,16-17,22-23,31H,6-7,10-15,18-20H2,1H3,(H2,30,34). The number of nitrogen functional groups attached to an aromatic ring is 1. The normalized spacial score (nSPS) is 21.0. The van der Waals surface area contributed by atoms with Gasteiger partial charge in [0.25, 0.3) is 0 Å². The van der Waals surface area contributed by atoms with Crippen LogP contribution >= 0.6 is 0 Å². The van der Waals surface area contributed by atoms with Crippen molar-refractivity contribution in [2.24, 2.45) is 0 Å². The Bertz CT molecular complexity index is 1270. The number of nitrogens with two attached hydrogens (primary N) is 1. The fraction of sp³-hybridized carbons (Fsp3) is 0.483. The van der Waals surface area contributed by atoms with Crippen LogP contribution in [0.25, 0.3) is 11.3 Å². The van der Waals surface area contributed by atoms with Crippen LogP contribution in [0, 0.1) is 0 Å². The first-order valence-electron chi connectivity index (χ1n) is 14.1. The summed E-state index contributed by atoms with van der Waals surface area (Å²) < 4.78 is 16.9. The summed E-state index contributed by atoms with van der Waals surface area (Å²) in [6.07, 6.45) is 4.12. The third-order valence-corrected chi connectivity index (χ3v) is 8.00. The summed E-state index contributed by atoms with van der Waals surface area (Å²) in [5.41, 5.74) is 10.0. The molecule has 2 aromatic heterocycles. The minimum Gasteiger partial charge on any atom is -0.476 e. The van der Waals surface area contributed by atoms with Crippen molar-refractivity contribution < 1.29 is 14.2 Å². The lowest BCUT2D eigenvalue weighted by Gasteiger charge is -2.43. The molecule has 2 bridgehead atoms. The molecule has 40 heavy (non-hydrogen) atoms. The van der Waals surface area contributed by atoms with Gasteiger partial charge < -0.3 is 35.1 Å². The van der Waals surface area contributed by atoms with Crippen molar-refractivity contribution in [2.75, 3.05) is 81.9 Å². The van der Waals surface area contributed by atoms with E-state index in [0.717, 1.165) is 75.6 Å². The Morgan fingerprint density at radius 2 is 1.80 bits per heavy atom. The molecule has 11 heteroatoms. The maximum Gasteiger partial charge on any atom is 0.215 e. The van der Waals surface area contributed by atoms with Crippen molar-refractivity contribution in [3.63, 3.8) is 0 Å². The first-order valence-corrected chi connectivity index (χ1v) is 14.1. The summed E-state index contributed by atoms with van der Waals surface area (Å²) in [4.78, 5) is 11.8. The number of hydrogen-bond acceptors (Lipinski definition) is 11. The number of para-hydroxylation sites is 1. The van der Waals surface area contributed by atoms with E-state index in [0.29, 0.717) is 36.1 Å². The van der Waals surface area contributed by atoms with Crippen LogP contribution in [0.2, 0.25) is 0 Å². The highest BCUT2D eigenvalue weighted by Gasteiger charge is 2.41. The van der Waals surface area contributed by atoms with E-state index in [2.05, 4.69) is 47.3 Å². The third-order valence-electron chi connectivity index (χ3n) is 8.00. The minimum absolute atomic E-state index is 0.162. The van der Waals surface area contributed by atoms with E-state index in [4.69, 9.17) is 19.9 Å². The number of methoxy groups -OCH3 is 1. The molecule has 0 spiro atoms. The highest BCUT2D eigenvalue weighted by atomic mass is 16.7. The van der Waals surface area contributed by atoms with Crippen LogP contribution in [0.1, 0.15) is 12.8 Å². The number of nitrogens with one attached hydrogen (secondary N) is 1. The Balaban J connectivity index is 1.15. The van der Waals surface area contributed by atoms with Crippen molar-refractivity contribution in [2.45, 2.75) is 24.9 Å². The van der Waals surface area contributed by atoms with Crippen LogP contribution in [0.15, 0.2) is 48.7 Å². The van der Waals surface area contributed by atoms with Gasteiger partial charge in [-0.2, -0.15) is 0 Å². The zero-order valence-corrected chi connectivity index (χ0v) is 23.0. The van der Waals surface area contributed by atoms with Crippen LogP contribution in [-0.2, 0) is 4.74 Å². The molecule has 212 valence electrons. The number of benzene rings is 1. The fourth-order valence-corrected chi connectivity index (χ4v) is 6.08. The van der Waals surface area contributed by atoms with Gasteiger partial charge in [0.15, 0.2) is 12.6 Å². The molecule has 0 radical (unpaired) electrons. The predicted octanol–water partition coefficient (Wildman–Crippen LogP) is 2.25. The Labute approximate surface area is 235 Å². The molecule has 6 rings (SSSR count). The number of aromatic nitrogens is 3. The summed E-state index contributed by atoms with van der Waals surface area (Å²) in [6.45, 7) is 7.66. The molecule has 0 aliphatic carbocycles. The molecule has 3 fully saturated rings. The maximum absolute atomic E-state index is 6.38. The number of rotatable bonds is 10. The largest absolute Gasteiger partial charge is 0.476 e. The van der Waals surface area contributed by atoms with Gasteiger partial charge in [-0.1, -0.05) is 12.1 Å². The SMILES string of the molecule is COCOc1ccccc1-c1cc(N2CC3CCC(C2)N3c2ccnc(OCCN3CCNCC3)c2)c(N)nn1. The number of hydrogen-bond donors (Lipinski definition) is 2. The summed E-state index contributed by atoms with van der Waals surface area (Å²) in [5.74, 6) is 1.83. The maximum atomic E-state index is 6.38. The van der Waals surface area contributed by atoms with Crippen molar-refractivity contribution in [3.05, 3.63) is 48.7 Å². The van der Waals surface area contributed by atoms with Crippen molar-refractivity contribution in [1.29, 1.82) is 0 Å². The Morgan fingerprint density at radius 3 is 2.60 bits per heavy atom. The van der Waals surface area contributed by atoms with Crippen LogP contribution < -0.4 is 30.3 Å². The van der Waals surface area contributed by atoms with Crippen LogP contribution in [0.4, 0.5) is 17.2 Å². The van der Waals surface area contributed by atoms with Gasteiger partial charge in [-0.25, -0.2) is 4.98 Å². The minimum atomic E-state index is 0.162. The Morgan fingerprint density at radius 1 is 1.00 bits per heavy atom. The first kappa shape index (κ1) is 26.5. The van der Waals surface area contributed by atoms with Crippen molar-refractivity contribution >= 4 is 17.2 Å². The van der Waals surface area contributed by atoms with Gasteiger partial charge >= 0.3 is 0 Å². The zero-order valence-electron chi connectivity index (χ0n) is 23.0. The molecule has 3 aliphatic heterocycles. The predicted molar refractivity (Wildman–Crippen MR) is 155 cm³/mol. The number of ether oxygens (including phenoxy) is 3. The zero-order chi connectivity index (χ0) is 27.3. The lowest BCUT2D eigenvalue weighted by molar-refractivity contribution is 0.0515. The summed E-state index contributed by atoms with van der Waals surface area (Å²) in [6, 6.07) is 14.7. The van der Waals surface area contributed by atoms with Gasteiger partial charge in [0.2, 0.25) is 5.88 Å². The van der Waals surface area contributed by atoms with Crippen LogP contribution in [0.3, 0.4) is 0 Å². The molecule has 3 saturated heterocycles. The van der Waals surface area contributed by atoms with Crippen LogP contribution in [0.5, 0.6) is 11.6 Å². The van der Waals surface area contributed by atoms with Crippen molar-refractivity contribution in [3.8, 4) is 22.9 Å². The molecular formula is C29H38N8O3. The molecule has 3 N–H and O–H groups in total. The second-order valence-electron chi connectivity index (χ2n) is 10.5. The van der Waals surface area contributed by atoms with Gasteiger partial charge in [-0.15, -0.1) is 10.2 Å². The topological polar surface area (TPSA) is 114 Å². The number of pyridine rings is 1. The molecule has 0 amide bonds. The summed E-state index contributed by atoms with van der Waals surface area (Å²) in [5, 5.41) is 12.1. The molecular weight excluding hydrogens is 508 g/mol. The van der Waals surface area contributed by atoms with Crippen molar-refractivity contribution in [1.82, 2.24) is 25.4 Å². The summed E-state index contributed by atoms with van der Waals surface area (Å²) >= 11 is 0. The molecule has 3 aromatic rings. The average molecular weight is 547 g/mol. The highest BCUT2D eigenvalue weighted by molar-refractivity contribution is 5.74. The lowest BCUT2D eigenvalue weighted by atomic mass is 10.1. The van der Waals surface area contributed by atoms with E-state index in [9.17, 15) is 0 Å². The van der Waals surface area contributed by atoms with E-state index >= 15 is 0 Å². The molecule has 5 heterocycles. The van der Waals surface area contributed by atoms with Gasteiger partial charge in [0.05, 0.1) is 11.4 Å². The molecule has 11 nitrogen and oxygen atoms in total.